The molecule has 2 unspecified atom stereocenters. The Balaban J connectivity index is 2.43. The van der Waals surface area contributed by atoms with Crippen molar-refractivity contribution < 1.29 is 24.9 Å². The molecule has 0 bridgehead atoms. The van der Waals surface area contributed by atoms with Gasteiger partial charge in [0.05, 0.1) is 12.1 Å². The molecular weight excluding hydrogens is 262 g/mol. The van der Waals surface area contributed by atoms with Crippen LogP contribution >= 0.6 is 0 Å². The smallest absolute Gasteiger partial charge is 0.408 e. The second kappa shape index (κ2) is 4.79. The fraction of sp³-hybridized carbons (Fsp3) is 0.429. The van der Waals surface area contributed by atoms with Crippen LogP contribution in [0.15, 0.2) is 30.3 Å². The maximum absolute atomic E-state index is 11.7. The summed E-state index contributed by atoms with van der Waals surface area (Å²) in [6, 6.07) is 8.83. The maximum Gasteiger partial charge on any atom is 0.408 e. The van der Waals surface area contributed by atoms with Crippen molar-refractivity contribution in [2.45, 2.75) is 30.9 Å². The lowest BCUT2D eigenvalue weighted by atomic mass is 9.85. The second-order valence-corrected chi connectivity index (χ2v) is 5.54. The first-order valence-corrected chi connectivity index (χ1v) is 6.27. The molecule has 0 radical (unpaired) electrons. The zero-order chi connectivity index (χ0) is 15.0. The Kier molecular flexibility index (Phi) is 3.43. The van der Waals surface area contributed by atoms with Gasteiger partial charge in [0.15, 0.2) is 5.54 Å². The lowest BCUT2D eigenvalue weighted by molar-refractivity contribution is -0.149. The molecule has 1 aliphatic rings. The lowest BCUT2D eigenvalue weighted by Gasteiger charge is -2.32. The molecule has 2 atom stereocenters. The van der Waals surface area contributed by atoms with E-state index < -0.39 is 23.2 Å². The Bertz CT molecular complexity index is 528. The summed E-state index contributed by atoms with van der Waals surface area (Å²) in [7, 11) is 0. The summed E-state index contributed by atoms with van der Waals surface area (Å²) >= 11 is 0. The minimum absolute atomic E-state index is 0.0334. The first-order valence-electron chi connectivity index (χ1n) is 6.27. The first kappa shape index (κ1) is 14.3. The predicted octanol–water partition coefficient (Wildman–Crippen LogP) is 1.19. The van der Waals surface area contributed by atoms with Crippen LogP contribution in [0.3, 0.4) is 0 Å². The van der Waals surface area contributed by atoms with Gasteiger partial charge in [0, 0.05) is 12.8 Å². The number of carboxylic acid groups (broad SMARTS) is 2. The third-order valence-corrected chi connectivity index (χ3v) is 3.66. The monoisotopic (exact) mass is 279 g/mol. The summed E-state index contributed by atoms with van der Waals surface area (Å²) in [4.78, 5) is 23.9. The summed E-state index contributed by atoms with van der Waals surface area (Å²) in [5.41, 5.74) is -2.25. The molecule has 1 aliphatic heterocycles. The summed E-state index contributed by atoms with van der Waals surface area (Å²) < 4.78 is 0. The number of carboxylic acids is 1. The van der Waals surface area contributed by atoms with E-state index in [2.05, 4.69) is 0 Å². The molecular formula is C14H17NO5. The first-order chi connectivity index (χ1) is 9.27. The second-order valence-electron chi connectivity index (χ2n) is 5.54. The Morgan fingerprint density at radius 2 is 1.85 bits per heavy atom. The number of hydrogen-bond acceptors (Lipinski definition) is 3. The Hall–Kier alpha value is -2.08. The third-order valence-electron chi connectivity index (χ3n) is 3.66. The van der Waals surface area contributed by atoms with Crippen molar-refractivity contribution in [2.24, 2.45) is 0 Å². The van der Waals surface area contributed by atoms with E-state index in [1.807, 2.05) is 0 Å². The van der Waals surface area contributed by atoms with Crippen LogP contribution in [0, 0.1) is 0 Å². The van der Waals surface area contributed by atoms with Gasteiger partial charge in [-0.25, -0.2) is 9.59 Å². The predicted molar refractivity (Wildman–Crippen MR) is 70.5 cm³/mol. The average molecular weight is 279 g/mol. The minimum Gasteiger partial charge on any atom is -0.479 e. The topological polar surface area (TPSA) is 98.1 Å². The SMILES string of the molecule is CC1(O)CN(C(=O)O)C(Cc2ccccc2)(C(=O)O)C1. The number of nitrogens with zero attached hydrogens (tertiary/aromatic N) is 1. The van der Waals surface area contributed by atoms with Crippen LogP contribution in [0.2, 0.25) is 0 Å². The molecule has 6 nitrogen and oxygen atoms in total. The van der Waals surface area contributed by atoms with Crippen LogP contribution in [-0.2, 0) is 11.2 Å². The largest absolute Gasteiger partial charge is 0.479 e. The van der Waals surface area contributed by atoms with Crippen molar-refractivity contribution in [1.29, 1.82) is 0 Å². The highest BCUT2D eigenvalue weighted by Crippen LogP contribution is 2.38. The molecule has 3 N–H and O–H groups in total. The molecule has 1 amide bonds. The van der Waals surface area contributed by atoms with E-state index in [1.54, 1.807) is 30.3 Å². The molecule has 20 heavy (non-hydrogen) atoms. The van der Waals surface area contributed by atoms with E-state index in [1.165, 1.54) is 6.92 Å². The molecule has 1 fully saturated rings. The number of hydrogen-bond donors (Lipinski definition) is 3. The van der Waals surface area contributed by atoms with Crippen LogP contribution in [0.4, 0.5) is 4.79 Å². The highest BCUT2D eigenvalue weighted by Gasteiger charge is 2.57. The third kappa shape index (κ3) is 2.46. The summed E-state index contributed by atoms with van der Waals surface area (Å²) in [6.45, 7) is 1.25. The number of aliphatic carboxylic acids is 1. The molecule has 2 rings (SSSR count). The van der Waals surface area contributed by atoms with Crippen molar-refractivity contribution in [3.63, 3.8) is 0 Å². The van der Waals surface area contributed by atoms with Gasteiger partial charge in [-0.05, 0) is 12.5 Å². The Morgan fingerprint density at radius 1 is 1.25 bits per heavy atom. The maximum atomic E-state index is 11.7. The Labute approximate surface area is 116 Å². The molecule has 1 aromatic carbocycles. The number of carbonyl (C=O) groups is 2. The van der Waals surface area contributed by atoms with E-state index in [9.17, 15) is 24.9 Å². The van der Waals surface area contributed by atoms with Gasteiger partial charge in [-0.15, -0.1) is 0 Å². The molecule has 0 saturated carbocycles. The van der Waals surface area contributed by atoms with E-state index in [0.29, 0.717) is 0 Å². The summed E-state index contributed by atoms with van der Waals surface area (Å²) in [5, 5.41) is 28.9. The van der Waals surface area contributed by atoms with Crippen LogP contribution in [0.25, 0.3) is 0 Å². The van der Waals surface area contributed by atoms with E-state index in [0.717, 1.165) is 10.5 Å². The van der Waals surface area contributed by atoms with Crippen LogP contribution in [-0.4, -0.2) is 50.0 Å². The molecule has 0 spiro atoms. The fourth-order valence-electron chi connectivity index (χ4n) is 2.88. The number of β-amino-alcohol motifs (C(OH)–C–C–N with tert-alkyl or cyclic N) is 1. The highest BCUT2D eigenvalue weighted by molar-refractivity contribution is 5.85. The highest BCUT2D eigenvalue weighted by atomic mass is 16.4. The Morgan fingerprint density at radius 3 is 2.35 bits per heavy atom. The molecule has 1 saturated heterocycles. The van der Waals surface area contributed by atoms with Gasteiger partial charge < -0.3 is 15.3 Å². The van der Waals surface area contributed by atoms with Crippen molar-refractivity contribution in [3.8, 4) is 0 Å². The number of likely N-dealkylation sites (tertiary alicyclic amines) is 1. The van der Waals surface area contributed by atoms with Crippen molar-refractivity contribution in [2.75, 3.05) is 6.54 Å². The van der Waals surface area contributed by atoms with Crippen molar-refractivity contribution in [1.82, 2.24) is 4.90 Å². The van der Waals surface area contributed by atoms with Crippen LogP contribution in [0.1, 0.15) is 18.9 Å². The van der Waals surface area contributed by atoms with Gasteiger partial charge in [-0.3, -0.25) is 4.90 Å². The molecule has 1 aromatic rings. The number of aliphatic hydroxyl groups is 1. The van der Waals surface area contributed by atoms with Gasteiger partial charge in [0.25, 0.3) is 0 Å². The molecule has 1 heterocycles. The minimum atomic E-state index is -1.63. The molecule has 0 aromatic heterocycles. The van der Waals surface area contributed by atoms with E-state index >= 15 is 0 Å². The summed E-state index contributed by atoms with van der Waals surface area (Å²) in [6.07, 6.45) is -1.43. The molecule has 0 aliphatic carbocycles. The van der Waals surface area contributed by atoms with Gasteiger partial charge in [0.1, 0.15) is 0 Å². The standard InChI is InChI=1S/C14H17NO5/c1-13(20)8-14(11(16)17,15(9-13)12(18)19)7-10-5-3-2-4-6-10/h2-6,20H,7-9H2,1H3,(H,16,17)(H,18,19). The van der Waals surface area contributed by atoms with Gasteiger partial charge in [-0.2, -0.15) is 0 Å². The lowest BCUT2D eigenvalue weighted by Crippen LogP contribution is -2.54. The average Bonchev–Trinajstić information content (AvgIpc) is 2.63. The van der Waals surface area contributed by atoms with Crippen molar-refractivity contribution in [3.05, 3.63) is 35.9 Å². The van der Waals surface area contributed by atoms with E-state index in [4.69, 9.17) is 0 Å². The van der Waals surface area contributed by atoms with Crippen LogP contribution in [0.5, 0.6) is 0 Å². The van der Waals surface area contributed by atoms with Gasteiger partial charge in [0.2, 0.25) is 0 Å². The normalized spacial score (nSPS) is 29.4. The molecule has 108 valence electrons. The quantitative estimate of drug-likeness (QED) is 0.772. The fourth-order valence-corrected chi connectivity index (χ4v) is 2.88. The summed E-state index contributed by atoms with van der Waals surface area (Å²) in [5.74, 6) is -1.23. The zero-order valence-electron chi connectivity index (χ0n) is 11.1. The molecule has 6 heteroatoms. The van der Waals surface area contributed by atoms with Crippen molar-refractivity contribution >= 4 is 12.1 Å². The number of rotatable bonds is 3. The van der Waals surface area contributed by atoms with E-state index in [-0.39, 0.29) is 19.4 Å². The zero-order valence-corrected chi connectivity index (χ0v) is 11.1. The van der Waals surface area contributed by atoms with Gasteiger partial charge in [-0.1, -0.05) is 30.3 Å². The number of amides is 1. The number of benzene rings is 1. The van der Waals surface area contributed by atoms with Gasteiger partial charge >= 0.3 is 12.1 Å². The van der Waals surface area contributed by atoms with Crippen LogP contribution < -0.4 is 0 Å².